The molecular formula is C20H33N3O4S. The number of methoxy groups -OCH3 is 1. The van der Waals surface area contributed by atoms with Gasteiger partial charge in [-0.1, -0.05) is 6.92 Å². The first kappa shape index (κ1) is 22.5. The molecule has 1 aromatic rings. The minimum Gasteiger partial charge on any atom is -0.497 e. The highest BCUT2D eigenvalue weighted by molar-refractivity contribution is 7.92. The number of benzene rings is 1. The van der Waals surface area contributed by atoms with Crippen LogP contribution in [0.25, 0.3) is 0 Å². The summed E-state index contributed by atoms with van der Waals surface area (Å²) in [5, 5.41) is 2.88. The molecule has 0 radical (unpaired) electrons. The van der Waals surface area contributed by atoms with Gasteiger partial charge in [0.25, 0.3) is 0 Å². The highest BCUT2D eigenvalue weighted by Gasteiger charge is 2.29. The Labute approximate surface area is 169 Å². The average molecular weight is 412 g/mol. The third-order valence-corrected chi connectivity index (χ3v) is 6.48. The topological polar surface area (TPSA) is 79.0 Å². The van der Waals surface area contributed by atoms with Crippen LogP contribution in [-0.4, -0.2) is 64.8 Å². The summed E-state index contributed by atoms with van der Waals surface area (Å²) in [5.74, 6) is 1.13. The van der Waals surface area contributed by atoms with Crippen LogP contribution in [0.2, 0.25) is 0 Å². The van der Waals surface area contributed by atoms with E-state index in [1.54, 1.807) is 38.3 Å². The maximum atomic E-state index is 12.6. The summed E-state index contributed by atoms with van der Waals surface area (Å²) in [7, 11) is -2.07. The van der Waals surface area contributed by atoms with Gasteiger partial charge in [0.1, 0.15) is 11.8 Å². The standard InChI is InChI=1S/C20H33N3O4S/c1-16-10-14-22(15-11-16)13-5-12-21-20(24)17(2)23(28(4,25)26)18-6-8-19(27-3)9-7-18/h6-9,16-17H,5,10-15H2,1-4H3,(H,21,24)/t17-/m0/s1. The lowest BCUT2D eigenvalue weighted by Gasteiger charge is -2.30. The number of carbonyl (C=O) groups is 1. The van der Waals surface area contributed by atoms with E-state index in [2.05, 4.69) is 17.1 Å². The van der Waals surface area contributed by atoms with Gasteiger partial charge in [0, 0.05) is 6.54 Å². The molecule has 0 bridgehead atoms. The zero-order valence-corrected chi connectivity index (χ0v) is 18.2. The summed E-state index contributed by atoms with van der Waals surface area (Å²) in [4.78, 5) is 15.0. The van der Waals surface area contributed by atoms with Crippen molar-refractivity contribution in [1.29, 1.82) is 0 Å². The predicted octanol–water partition coefficient (Wildman–Crippen LogP) is 2.09. The number of hydrogen-bond donors (Lipinski definition) is 1. The van der Waals surface area contributed by atoms with Crippen molar-refractivity contribution in [3.05, 3.63) is 24.3 Å². The lowest BCUT2D eigenvalue weighted by atomic mass is 9.99. The lowest BCUT2D eigenvalue weighted by Crippen LogP contribution is -2.48. The van der Waals surface area contributed by atoms with Gasteiger partial charge < -0.3 is 15.0 Å². The van der Waals surface area contributed by atoms with Crippen LogP contribution < -0.4 is 14.4 Å². The van der Waals surface area contributed by atoms with Crippen LogP contribution in [0.5, 0.6) is 5.75 Å². The van der Waals surface area contributed by atoms with E-state index in [0.29, 0.717) is 18.0 Å². The smallest absolute Gasteiger partial charge is 0.243 e. The molecule has 0 unspecified atom stereocenters. The van der Waals surface area contributed by atoms with Gasteiger partial charge in [0.05, 0.1) is 19.1 Å². The molecule has 1 aliphatic heterocycles. The predicted molar refractivity (Wildman–Crippen MR) is 112 cm³/mol. The minimum absolute atomic E-state index is 0.298. The molecule has 0 aliphatic carbocycles. The molecule has 1 atom stereocenters. The summed E-state index contributed by atoms with van der Waals surface area (Å²) in [5.41, 5.74) is 0.438. The molecule has 1 aromatic carbocycles. The summed E-state index contributed by atoms with van der Waals surface area (Å²) >= 11 is 0. The van der Waals surface area contributed by atoms with Crippen LogP contribution in [0, 0.1) is 5.92 Å². The number of likely N-dealkylation sites (tertiary alicyclic amines) is 1. The molecule has 28 heavy (non-hydrogen) atoms. The van der Waals surface area contributed by atoms with Crippen molar-refractivity contribution in [3.63, 3.8) is 0 Å². The second-order valence-electron chi connectivity index (χ2n) is 7.60. The molecule has 0 saturated carbocycles. The number of sulfonamides is 1. The Morgan fingerprint density at radius 2 is 1.89 bits per heavy atom. The van der Waals surface area contributed by atoms with Crippen molar-refractivity contribution in [2.75, 3.05) is 43.8 Å². The zero-order chi connectivity index (χ0) is 20.7. The normalized spacial score (nSPS) is 17.1. The van der Waals surface area contributed by atoms with Crippen molar-refractivity contribution < 1.29 is 17.9 Å². The van der Waals surface area contributed by atoms with Crippen LogP contribution in [-0.2, 0) is 14.8 Å². The Kier molecular flexibility index (Phi) is 8.12. The fourth-order valence-electron chi connectivity index (χ4n) is 3.49. The van der Waals surface area contributed by atoms with E-state index < -0.39 is 16.1 Å². The largest absolute Gasteiger partial charge is 0.497 e. The van der Waals surface area contributed by atoms with Crippen molar-refractivity contribution in [3.8, 4) is 5.75 Å². The van der Waals surface area contributed by atoms with Crippen molar-refractivity contribution in [2.24, 2.45) is 5.92 Å². The Morgan fingerprint density at radius 3 is 2.43 bits per heavy atom. The van der Waals surface area contributed by atoms with Gasteiger partial charge in [-0.2, -0.15) is 0 Å². The molecule has 7 nitrogen and oxygen atoms in total. The first-order valence-electron chi connectivity index (χ1n) is 9.86. The van der Waals surface area contributed by atoms with Gasteiger partial charge in [-0.25, -0.2) is 8.42 Å². The van der Waals surface area contributed by atoms with Gasteiger partial charge >= 0.3 is 0 Å². The fourth-order valence-corrected chi connectivity index (χ4v) is 4.66. The van der Waals surface area contributed by atoms with Crippen LogP contribution in [0.4, 0.5) is 5.69 Å². The Hall–Kier alpha value is -1.80. The first-order chi connectivity index (χ1) is 13.2. The summed E-state index contributed by atoms with van der Waals surface area (Å²) in [6, 6.07) is 5.80. The average Bonchev–Trinajstić information content (AvgIpc) is 2.66. The van der Waals surface area contributed by atoms with Crippen LogP contribution >= 0.6 is 0 Å². The second-order valence-corrected chi connectivity index (χ2v) is 9.46. The molecule has 158 valence electrons. The maximum absolute atomic E-state index is 12.6. The number of carbonyl (C=O) groups excluding carboxylic acids is 1. The molecule has 0 spiro atoms. The lowest BCUT2D eigenvalue weighted by molar-refractivity contribution is -0.121. The van der Waals surface area contributed by atoms with Gasteiger partial charge in [-0.05, 0) is 76.0 Å². The van der Waals surface area contributed by atoms with E-state index in [0.717, 1.165) is 42.5 Å². The molecule has 0 aromatic heterocycles. The molecule has 8 heteroatoms. The maximum Gasteiger partial charge on any atom is 0.243 e. The van der Waals surface area contributed by atoms with Crippen LogP contribution in [0.15, 0.2) is 24.3 Å². The number of ether oxygens (including phenoxy) is 1. The Bertz CT molecular complexity index is 728. The van der Waals surface area contributed by atoms with Crippen LogP contribution in [0.1, 0.15) is 33.1 Å². The van der Waals surface area contributed by atoms with Crippen molar-refractivity contribution >= 4 is 21.6 Å². The molecule has 1 heterocycles. The van der Waals surface area contributed by atoms with Crippen molar-refractivity contribution in [2.45, 2.75) is 39.2 Å². The summed E-state index contributed by atoms with van der Waals surface area (Å²) in [6.45, 7) is 7.61. The fraction of sp³-hybridized carbons (Fsp3) is 0.650. The van der Waals surface area contributed by atoms with Gasteiger partial charge in [-0.15, -0.1) is 0 Å². The van der Waals surface area contributed by atoms with Gasteiger partial charge in [0.15, 0.2) is 0 Å². The van der Waals surface area contributed by atoms with E-state index in [1.807, 2.05) is 0 Å². The molecule has 1 amide bonds. The van der Waals surface area contributed by atoms with E-state index in [4.69, 9.17) is 4.74 Å². The third kappa shape index (κ3) is 6.38. The number of nitrogens with zero attached hydrogens (tertiary/aromatic N) is 2. The number of piperidine rings is 1. The molecule has 2 rings (SSSR count). The monoisotopic (exact) mass is 411 g/mol. The van der Waals surface area contributed by atoms with E-state index in [9.17, 15) is 13.2 Å². The SMILES string of the molecule is COc1ccc(N([C@@H](C)C(=O)NCCCN2CCC(C)CC2)S(C)(=O)=O)cc1. The van der Waals surface area contributed by atoms with Crippen LogP contribution in [0.3, 0.4) is 0 Å². The molecule has 1 fully saturated rings. The highest BCUT2D eigenvalue weighted by atomic mass is 32.2. The molecule has 1 saturated heterocycles. The van der Waals surface area contributed by atoms with E-state index >= 15 is 0 Å². The third-order valence-electron chi connectivity index (χ3n) is 5.24. The zero-order valence-electron chi connectivity index (χ0n) is 17.3. The molecule has 1 aliphatic rings. The first-order valence-corrected chi connectivity index (χ1v) is 11.7. The van der Waals surface area contributed by atoms with E-state index in [-0.39, 0.29) is 5.91 Å². The van der Waals surface area contributed by atoms with Gasteiger partial charge in [-0.3, -0.25) is 9.10 Å². The van der Waals surface area contributed by atoms with Crippen molar-refractivity contribution in [1.82, 2.24) is 10.2 Å². The second kappa shape index (κ2) is 10.1. The highest BCUT2D eigenvalue weighted by Crippen LogP contribution is 2.23. The quantitative estimate of drug-likeness (QED) is 0.630. The number of amides is 1. The number of nitrogens with one attached hydrogen (secondary N) is 1. The van der Waals surface area contributed by atoms with Gasteiger partial charge in [0.2, 0.25) is 15.9 Å². The number of anilines is 1. The Morgan fingerprint density at radius 1 is 1.29 bits per heavy atom. The summed E-state index contributed by atoms with van der Waals surface area (Å²) in [6.07, 6.45) is 4.43. The molecular weight excluding hydrogens is 378 g/mol. The summed E-state index contributed by atoms with van der Waals surface area (Å²) < 4.78 is 30.9. The minimum atomic E-state index is -3.61. The Balaban J connectivity index is 1.90. The molecule has 1 N–H and O–H groups in total. The number of rotatable bonds is 9. The number of hydrogen-bond acceptors (Lipinski definition) is 5. The van der Waals surface area contributed by atoms with E-state index in [1.165, 1.54) is 12.8 Å².